The summed E-state index contributed by atoms with van der Waals surface area (Å²) in [5.41, 5.74) is 5.23. The fourth-order valence-electron chi connectivity index (χ4n) is 5.19. The van der Waals surface area contributed by atoms with Gasteiger partial charge in [-0.1, -0.05) is 24.3 Å². The maximum absolute atomic E-state index is 12.5. The average molecular weight is 476 g/mol. The molecule has 8 nitrogen and oxygen atoms in total. The van der Waals surface area contributed by atoms with E-state index in [1.807, 2.05) is 30.5 Å². The minimum absolute atomic E-state index is 0.186. The summed E-state index contributed by atoms with van der Waals surface area (Å²) in [6.45, 7) is 4.55. The molecule has 0 bridgehead atoms. The van der Waals surface area contributed by atoms with Crippen molar-refractivity contribution in [2.24, 2.45) is 0 Å². The Morgan fingerprint density at radius 1 is 1.34 bits per heavy atom. The van der Waals surface area contributed by atoms with Crippen LogP contribution >= 0.6 is 0 Å². The number of rotatable bonds is 5. The lowest BCUT2D eigenvalue weighted by Gasteiger charge is -2.37. The molecule has 4 heterocycles. The molecule has 5 rings (SSSR count). The lowest BCUT2D eigenvalue weighted by Crippen LogP contribution is -2.46. The number of nitrogens with one attached hydrogen (secondary N) is 2. The summed E-state index contributed by atoms with van der Waals surface area (Å²) in [6.07, 6.45) is 4.72. The zero-order valence-electron chi connectivity index (χ0n) is 20.3. The van der Waals surface area contributed by atoms with Crippen molar-refractivity contribution in [3.8, 4) is 17.3 Å². The Morgan fingerprint density at radius 2 is 2.14 bits per heavy atom. The van der Waals surface area contributed by atoms with Gasteiger partial charge in [-0.2, -0.15) is 5.26 Å². The van der Waals surface area contributed by atoms with Gasteiger partial charge in [0, 0.05) is 50.0 Å². The van der Waals surface area contributed by atoms with E-state index in [2.05, 4.69) is 34.7 Å². The number of amides is 1. The molecule has 0 radical (unpaired) electrons. The summed E-state index contributed by atoms with van der Waals surface area (Å²) in [5, 5.41) is 15.6. The van der Waals surface area contributed by atoms with Crippen molar-refractivity contribution in [2.45, 2.75) is 50.0 Å². The number of ether oxygens (including phenoxy) is 2. The SMILES string of the molecule is CN1CCC2(CC1)OCc1cnc(-c3ccc(C[C@@H](C#N)NC(=O)[C@@H]4CNCCCO4)cc3)cc12. The van der Waals surface area contributed by atoms with Crippen molar-refractivity contribution < 1.29 is 14.3 Å². The number of aromatic nitrogens is 1. The van der Waals surface area contributed by atoms with E-state index >= 15 is 0 Å². The van der Waals surface area contributed by atoms with Gasteiger partial charge < -0.3 is 25.0 Å². The summed E-state index contributed by atoms with van der Waals surface area (Å²) in [6, 6.07) is 11.9. The van der Waals surface area contributed by atoms with Crippen molar-refractivity contribution in [3.05, 3.63) is 53.2 Å². The smallest absolute Gasteiger partial charge is 0.251 e. The van der Waals surface area contributed by atoms with Gasteiger partial charge in [0.05, 0.1) is 24.0 Å². The summed E-state index contributed by atoms with van der Waals surface area (Å²) >= 11 is 0. The van der Waals surface area contributed by atoms with Crippen molar-refractivity contribution in [1.82, 2.24) is 20.5 Å². The second kappa shape index (κ2) is 10.4. The van der Waals surface area contributed by atoms with Crippen molar-refractivity contribution in [1.29, 1.82) is 5.26 Å². The van der Waals surface area contributed by atoms with Gasteiger partial charge in [0.15, 0.2) is 0 Å². The Balaban J connectivity index is 1.25. The van der Waals surface area contributed by atoms with E-state index in [9.17, 15) is 10.1 Å². The molecule has 35 heavy (non-hydrogen) atoms. The van der Waals surface area contributed by atoms with Crippen molar-refractivity contribution in [2.75, 3.05) is 39.8 Å². The highest BCUT2D eigenvalue weighted by atomic mass is 16.5. The summed E-state index contributed by atoms with van der Waals surface area (Å²) in [4.78, 5) is 19.6. The van der Waals surface area contributed by atoms with Gasteiger partial charge in [0.25, 0.3) is 5.91 Å². The van der Waals surface area contributed by atoms with E-state index in [-0.39, 0.29) is 11.5 Å². The van der Waals surface area contributed by atoms with Crippen LogP contribution in [0, 0.1) is 11.3 Å². The number of likely N-dealkylation sites (tertiary alicyclic amines) is 1. The lowest BCUT2D eigenvalue weighted by molar-refractivity contribution is -0.132. The molecule has 8 heteroatoms. The van der Waals surface area contributed by atoms with Gasteiger partial charge in [-0.3, -0.25) is 9.78 Å². The van der Waals surface area contributed by atoms with Crippen LogP contribution in [0.25, 0.3) is 11.3 Å². The summed E-state index contributed by atoms with van der Waals surface area (Å²) in [7, 11) is 2.16. The maximum atomic E-state index is 12.5. The molecule has 2 fully saturated rings. The number of hydrogen-bond donors (Lipinski definition) is 2. The third kappa shape index (κ3) is 5.24. The zero-order valence-corrected chi connectivity index (χ0v) is 20.3. The first-order valence-corrected chi connectivity index (χ1v) is 12.5. The van der Waals surface area contributed by atoms with Crippen molar-refractivity contribution in [3.63, 3.8) is 0 Å². The number of pyridine rings is 1. The van der Waals surface area contributed by atoms with Crippen LogP contribution in [0.5, 0.6) is 0 Å². The molecule has 0 aliphatic carbocycles. The van der Waals surface area contributed by atoms with Gasteiger partial charge in [-0.05, 0) is 50.0 Å². The molecule has 1 aromatic heterocycles. The predicted octanol–water partition coefficient (Wildman–Crippen LogP) is 2.13. The summed E-state index contributed by atoms with van der Waals surface area (Å²) < 4.78 is 11.9. The monoisotopic (exact) mass is 475 g/mol. The molecule has 2 saturated heterocycles. The first kappa shape index (κ1) is 23.9. The number of benzene rings is 1. The first-order chi connectivity index (χ1) is 17.1. The van der Waals surface area contributed by atoms with Gasteiger partial charge >= 0.3 is 0 Å². The molecule has 3 aliphatic rings. The lowest BCUT2D eigenvalue weighted by atomic mass is 9.84. The standard InChI is InChI=1S/C27H33N5O3/c1-32-10-7-27(8-11-32)23-14-24(30-16-21(23)18-35-27)20-5-3-19(4-6-20)13-22(15-28)31-26(33)25-17-29-9-2-12-34-25/h3-6,14,16,22,25,29H,2,7-13,17-18H2,1H3,(H,31,33)/t22-,25-/m0/s1. The molecule has 1 spiro atoms. The molecule has 3 aliphatic heterocycles. The van der Waals surface area contributed by atoms with Crippen LogP contribution < -0.4 is 10.6 Å². The number of nitrogens with zero attached hydrogens (tertiary/aromatic N) is 3. The van der Waals surface area contributed by atoms with Gasteiger partial charge in [-0.15, -0.1) is 0 Å². The van der Waals surface area contributed by atoms with Crippen LogP contribution in [-0.2, 0) is 32.9 Å². The van der Waals surface area contributed by atoms with Crippen molar-refractivity contribution >= 4 is 5.91 Å². The van der Waals surface area contributed by atoms with E-state index in [0.717, 1.165) is 55.7 Å². The second-order valence-corrected chi connectivity index (χ2v) is 9.82. The van der Waals surface area contributed by atoms with E-state index in [1.54, 1.807) is 0 Å². The largest absolute Gasteiger partial charge is 0.367 e. The van der Waals surface area contributed by atoms with E-state index in [1.165, 1.54) is 11.1 Å². The number of piperidine rings is 1. The molecule has 2 aromatic rings. The highest BCUT2D eigenvalue weighted by molar-refractivity contribution is 5.81. The van der Waals surface area contributed by atoms with Crippen LogP contribution in [0.15, 0.2) is 36.5 Å². The number of hydrogen-bond acceptors (Lipinski definition) is 7. The van der Waals surface area contributed by atoms with Gasteiger partial charge in [0.2, 0.25) is 0 Å². The van der Waals surface area contributed by atoms with E-state index < -0.39 is 12.1 Å². The van der Waals surface area contributed by atoms with Crippen LogP contribution in [-0.4, -0.2) is 67.8 Å². The molecule has 0 unspecified atom stereocenters. The Bertz CT molecular complexity index is 1080. The van der Waals surface area contributed by atoms with Crippen LogP contribution in [0.2, 0.25) is 0 Å². The third-order valence-electron chi connectivity index (χ3n) is 7.38. The number of carbonyl (C=O) groups excluding carboxylic acids is 1. The minimum atomic E-state index is -0.611. The quantitative estimate of drug-likeness (QED) is 0.683. The fourth-order valence-corrected chi connectivity index (χ4v) is 5.19. The molecule has 1 amide bonds. The molecule has 1 aromatic carbocycles. The van der Waals surface area contributed by atoms with Gasteiger partial charge in [0.1, 0.15) is 12.1 Å². The maximum Gasteiger partial charge on any atom is 0.251 e. The Morgan fingerprint density at radius 3 is 2.91 bits per heavy atom. The zero-order chi connectivity index (χ0) is 24.3. The molecule has 184 valence electrons. The van der Waals surface area contributed by atoms with Crippen LogP contribution in [0.1, 0.15) is 36.0 Å². The Hall–Kier alpha value is -2.83. The predicted molar refractivity (Wildman–Crippen MR) is 131 cm³/mol. The van der Waals surface area contributed by atoms with E-state index in [4.69, 9.17) is 14.5 Å². The molecule has 2 atom stereocenters. The second-order valence-electron chi connectivity index (χ2n) is 9.82. The molecule has 2 N–H and O–H groups in total. The highest BCUT2D eigenvalue weighted by Crippen LogP contribution is 2.44. The normalized spacial score (nSPS) is 22.7. The molecular weight excluding hydrogens is 442 g/mol. The van der Waals surface area contributed by atoms with E-state index in [0.29, 0.717) is 26.2 Å². The number of fused-ring (bicyclic) bond motifs is 2. The van der Waals surface area contributed by atoms with Crippen LogP contribution in [0.4, 0.5) is 0 Å². The molecule has 0 saturated carbocycles. The number of nitriles is 1. The average Bonchev–Trinajstić information content (AvgIpc) is 3.04. The first-order valence-electron chi connectivity index (χ1n) is 12.5. The molecular formula is C27H33N5O3. The summed E-state index contributed by atoms with van der Waals surface area (Å²) in [5.74, 6) is -0.241. The van der Waals surface area contributed by atoms with Gasteiger partial charge in [-0.25, -0.2) is 0 Å². The number of carbonyl (C=O) groups is 1. The highest BCUT2D eigenvalue weighted by Gasteiger charge is 2.42. The van der Waals surface area contributed by atoms with Crippen LogP contribution in [0.3, 0.4) is 0 Å². The Labute approximate surface area is 206 Å². The Kier molecular flexibility index (Phi) is 7.12. The fraction of sp³-hybridized carbons (Fsp3) is 0.519. The third-order valence-corrected chi connectivity index (χ3v) is 7.38. The topological polar surface area (TPSA) is 99.5 Å². The minimum Gasteiger partial charge on any atom is -0.367 e.